The average molecular weight is 448 g/mol. The number of carbonyl (C=O) groups is 1. The highest BCUT2D eigenvalue weighted by Gasteiger charge is 2.22. The number of nitrogens with zero attached hydrogens (tertiary/aromatic N) is 2. The molecule has 9 heteroatoms. The van der Waals surface area contributed by atoms with E-state index >= 15 is 0 Å². The van der Waals surface area contributed by atoms with Crippen LogP contribution >= 0.6 is 11.6 Å². The second kappa shape index (κ2) is 9.42. The van der Waals surface area contributed by atoms with Crippen LogP contribution in [0.3, 0.4) is 0 Å². The molecule has 7 nitrogen and oxygen atoms in total. The molecule has 0 fully saturated rings. The van der Waals surface area contributed by atoms with Crippen molar-refractivity contribution in [3.63, 3.8) is 0 Å². The molecule has 3 rings (SSSR count). The average Bonchev–Trinajstić information content (AvgIpc) is 2.73. The number of nitrogens with one attached hydrogen (secondary N) is 1. The number of sulfonamides is 1. The molecule has 158 valence electrons. The number of halogens is 1. The second-order valence-corrected chi connectivity index (χ2v) is 9.25. The van der Waals surface area contributed by atoms with Gasteiger partial charge in [-0.05, 0) is 36.8 Å². The van der Waals surface area contributed by atoms with Gasteiger partial charge in [0.25, 0.3) is 5.91 Å². The van der Waals surface area contributed by atoms with Crippen LogP contribution in [0.1, 0.15) is 16.8 Å². The van der Waals surface area contributed by atoms with Gasteiger partial charge >= 0.3 is 0 Å². The van der Waals surface area contributed by atoms with Crippen LogP contribution in [0.2, 0.25) is 5.02 Å². The monoisotopic (exact) mass is 447 g/mol. The largest absolute Gasteiger partial charge is 0.491 e. The number of carbonyl (C=O) groups excluding carboxylic acids is 1. The number of amides is 1. The maximum absolute atomic E-state index is 12.4. The number of aromatic nitrogens is 1. The zero-order chi connectivity index (χ0) is 21.7. The van der Waals surface area contributed by atoms with Crippen LogP contribution in [-0.2, 0) is 10.0 Å². The number of hydrogen-bond acceptors (Lipinski definition) is 5. The van der Waals surface area contributed by atoms with E-state index in [1.54, 1.807) is 6.20 Å². The van der Waals surface area contributed by atoms with Gasteiger partial charge in [-0.1, -0.05) is 29.8 Å². The van der Waals surface area contributed by atoms with E-state index < -0.39 is 10.0 Å². The summed E-state index contributed by atoms with van der Waals surface area (Å²) in [6, 6.07) is 13.7. The molecule has 0 radical (unpaired) electrons. The zero-order valence-corrected chi connectivity index (χ0v) is 18.2. The Kier molecular flexibility index (Phi) is 6.91. The summed E-state index contributed by atoms with van der Waals surface area (Å²) in [5, 5.41) is 3.83. The van der Waals surface area contributed by atoms with Crippen LogP contribution in [-0.4, -0.2) is 50.9 Å². The third-order valence-electron chi connectivity index (χ3n) is 4.41. The number of benzene rings is 2. The molecule has 0 aliphatic carbocycles. The lowest BCUT2D eigenvalue weighted by molar-refractivity contribution is 0.0951. The van der Waals surface area contributed by atoms with Crippen molar-refractivity contribution in [2.45, 2.75) is 11.3 Å². The van der Waals surface area contributed by atoms with E-state index in [2.05, 4.69) is 10.3 Å². The van der Waals surface area contributed by atoms with Crippen molar-refractivity contribution in [1.82, 2.24) is 14.6 Å². The minimum absolute atomic E-state index is 0.0670. The summed E-state index contributed by atoms with van der Waals surface area (Å²) < 4.78 is 31.5. The molecule has 2 aromatic carbocycles. The van der Waals surface area contributed by atoms with Gasteiger partial charge in [0.15, 0.2) is 0 Å². The summed E-state index contributed by atoms with van der Waals surface area (Å²) in [6.07, 6.45) is 2.29. The lowest BCUT2D eigenvalue weighted by Crippen LogP contribution is -2.27. The molecule has 0 atom stereocenters. The molecular weight excluding hydrogens is 426 g/mol. The van der Waals surface area contributed by atoms with Crippen molar-refractivity contribution in [2.75, 3.05) is 27.2 Å². The van der Waals surface area contributed by atoms with Crippen molar-refractivity contribution >= 4 is 38.4 Å². The van der Waals surface area contributed by atoms with E-state index in [-0.39, 0.29) is 21.4 Å². The summed E-state index contributed by atoms with van der Waals surface area (Å²) in [5.74, 6) is 0.310. The summed E-state index contributed by atoms with van der Waals surface area (Å²) >= 11 is 6.02. The van der Waals surface area contributed by atoms with Gasteiger partial charge in [0.2, 0.25) is 10.0 Å². The predicted octanol–water partition coefficient (Wildman–Crippen LogP) is 3.34. The first kappa shape index (κ1) is 22.0. The summed E-state index contributed by atoms with van der Waals surface area (Å²) in [7, 11) is -0.933. The lowest BCUT2D eigenvalue weighted by Gasteiger charge is -2.14. The fourth-order valence-electron chi connectivity index (χ4n) is 2.79. The van der Waals surface area contributed by atoms with E-state index in [9.17, 15) is 13.2 Å². The van der Waals surface area contributed by atoms with Gasteiger partial charge in [-0.2, -0.15) is 0 Å². The number of fused-ring (bicyclic) bond motifs is 1. The molecule has 30 heavy (non-hydrogen) atoms. The fraction of sp³-hybridized carbons (Fsp3) is 0.238. The summed E-state index contributed by atoms with van der Waals surface area (Å²) in [4.78, 5) is 16.6. The molecule has 0 saturated carbocycles. The molecule has 0 unspecified atom stereocenters. The highest BCUT2D eigenvalue weighted by molar-refractivity contribution is 7.89. The van der Waals surface area contributed by atoms with Crippen molar-refractivity contribution < 1.29 is 17.9 Å². The quantitative estimate of drug-likeness (QED) is 0.535. The van der Waals surface area contributed by atoms with E-state index in [4.69, 9.17) is 16.3 Å². The number of hydrogen-bond donors (Lipinski definition) is 1. The van der Waals surface area contributed by atoms with Crippen LogP contribution in [0.15, 0.2) is 59.6 Å². The molecule has 0 aliphatic heterocycles. The Morgan fingerprint density at radius 2 is 1.93 bits per heavy atom. The van der Waals surface area contributed by atoms with E-state index in [0.717, 1.165) is 15.2 Å². The molecule has 0 spiro atoms. The highest BCUT2D eigenvalue weighted by atomic mass is 35.5. The standard InChI is InChI=1S/C21H22ClN3O4S/c1-25(2)30(27,28)19-14-16(9-10-17(19)22)21(26)24-12-5-13-29-18-8-3-6-15-7-4-11-23-20(15)18/h3-4,6-11,14H,5,12-13H2,1-2H3,(H,24,26). The maximum atomic E-state index is 12.4. The number of para-hydroxylation sites is 1. The van der Waals surface area contributed by atoms with Gasteiger partial charge in [0, 0.05) is 37.8 Å². The van der Waals surface area contributed by atoms with Crippen LogP contribution in [0.5, 0.6) is 5.75 Å². The molecule has 0 saturated heterocycles. The van der Waals surface area contributed by atoms with Crippen LogP contribution in [0, 0.1) is 0 Å². The second-order valence-electron chi connectivity index (χ2n) is 6.72. The Balaban J connectivity index is 1.56. The topological polar surface area (TPSA) is 88.6 Å². The first-order valence-corrected chi connectivity index (χ1v) is 11.1. The smallest absolute Gasteiger partial charge is 0.251 e. The van der Waals surface area contributed by atoms with E-state index in [0.29, 0.717) is 25.3 Å². The summed E-state index contributed by atoms with van der Waals surface area (Å²) in [6.45, 7) is 0.770. The van der Waals surface area contributed by atoms with Crippen LogP contribution in [0.4, 0.5) is 0 Å². The van der Waals surface area contributed by atoms with E-state index in [1.807, 2.05) is 30.3 Å². The summed E-state index contributed by atoms with van der Waals surface area (Å²) in [5.41, 5.74) is 1.01. The Bertz CT molecular complexity index is 1160. The van der Waals surface area contributed by atoms with E-state index in [1.165, 1.54) is 32.3 Å². The molecule has 1 heterocycles. The normalized spacial score (nSPS) is 11.6. The molecular formula is C21H22ClN3O4S. The van der Waals surface area contributed by atoms with Gasteiger partial charge in [-0.15, -0.1) is 0 Å². The molecule has 1 N–H and O–H groups in total. The maximum Gasteiger partial charge on any atom is 0.251 e. The Morgan fingerprint density at radius 1 is 1.17 bits per heavy atom. The Hall–Kier alpha value is -2.68. The highest BCUT2D eigenvalue weighted by Crippen LogP contribution is 2.25. The van der Waals surface area contributed by atoms with Gasteiger partial charge in [-0.3, -0.25) is 9.78 Å². The van der Waals surface area contributed by atoms with Gasteiger partial charge in [-0.25, -0.2) is 12.7 Å². The van der Waals surface area contributed by atoms with Crippen molar-refractivity contribution in [2.24, 2.45) is 0 Å². The molecule has 1 aromatic heterocycles. The molecule has 0 aliphatic rings. The SMILES string of the molecule is CN(C)S(=O)(=O)c1cc(C(=O)NCCCOc2cccc3cccnc23)ccc1Cl. The molecule has 3 aromatic rings. The van der Waals surface area contributed by atoms with Gasteiger partial charge in [0.1, 0.15) is 16.2 Å². The first-order chi connectivity index (χ1) is 14.3. The van der Waals surface area contributed by atoms with Gasteiger partial charge < -0.3 is 10.1 Å². The lowest BCUT2D eigenvalue weighted by atomic mass is 10.2. The Labute approximate surface area is 180 Å². The minimum atomic E-state index is -3.75. The zero-order valence-electron chi connectivity index (χ0n) is 16.6. The number of pyridine rings is 1. The number of rotatable bonds is 8. The third kappa shape index (κ3) is 4.89. The predicted molar refractivity (Wildman–Crippen MR) is 117 cm³/mol. The van der Waals surface area contributed by atoms with Crippen LogP contribution in [0.25, 0.3) is 10.9 Å². The van der Waals surface area contributed by atoms with Crippen LogP contribution < -0.4 is 10.1 Å². The van der Waals surface area contributed by atoms with Crippen molar-refractivity contribution in [3.8, 4) is 5.75 Å². The van der Waals surface area contributed by atoms with Gasteiger partial charge in [0.05, 0.1) is 11.6 Å². The molecule has 1 amide bonds. The van der Waals surface area contributed by atoms with Crippen molar-refractivity contribution in [3.05, 3.63) is 65.3 Å². The Morgan fingerprint density at radius 3 is 2.70 bits per heavy atom. The molecule has 0 bridgehead atoms. The number of ether oxygens (including phenoxy) is 1. The fourth-order valence-corrected chi connectivity index (χ4v) is 4.18. The third-order valence-corrected chi connectivity index (χ3v) is 6.71. The first-order valence-electron chi connectivity index (χ1n) is 9.27. The minimum Gasteiger partial charge on any atom is -0.491 e. The van der Waals surface area contributed by atoms with Crippen molar-refractivity contribution in [1.29, 1.82) is 0 Å².